The fraction of sp³-hybridized carbons (Fsp3) is 0.489. The summed E-state index contributed by atoms with van der Waals surface area (Å²) in [5.41, 5.74) is 2.58. The van der Waals surface area contributed by atoms with Crippen molar-refractivity contribution in [2.75, 3.05) is 12.4 Å². The standard InChI is InChI=1S/C47H67BN6O9S/c1-9-40(48(61)62)53-42(56)36(24-30(2)3)51-46(60)41(47(6,7)8)54-43(57)37(25-35-23-17-16-18-31(35)4)50-45(59)39(29-64-28-34-21-14-11-15-22-34)52-44(58)38(49-32(5)55)27-63-26-33-19-12-10-13-20-33/h10-23,30,36-41,61-62H,9,24-29H2,1-8H3,(H,49,55)(H,50,59)(H,51,60)(H,52,58)(H,53,56)(H,54,57)/t36-,37-,38-,39-,40?,41+/m0/s1. The highest BCUT2D eigenvalue weighted by molar-refractivity contribution is 7.98. The Balaban J connectivity index is 1.93. The first-order valence-electron chi connectivity index (χ1n) is 21.7. The minimum Gasteiger partial charge on any atom is -0.426 e. The molecule has 64 heavy (non-hydrogen) atoms. The van der Waals surface area contributed by atoms with Gasteiger partial charge < -0.3 is 46.7 Å². The predicted octanol–water partition coefficient (Wildman–Crippen LogP) is 3.13. The number of thioether (sulfide) groups is 1. The van der Waals surface area contributed by atoms with Crippen molar-refractivity contribution >= 4 is 54.3 Å². The summed E-state index contributed by atoms with van der Waals surface area (Å²) in [6, 6.07) is 20.5. The molecule has 0 aromatic heterocycles. The summed E-state index contributed by atoms with van der Waals surface area (Å²) in [5, 5.41) is 36.1. The lowest BCUT2D eigenvalue weighted by atomic mass is 9.77. The van der Waals surface area contributed by atoms with E-state index in [4.69, 9.17) is 4.74 Å². The van der Waals surface area contributed by atoms with E-state index in [0.717, 1.165) is 22.3 Å². The van der Waals surface area contributed by atoms with Gasteiger partial charge in [0.25, 0.3) is 0 Å². The Kier molecular flexibility index (Phi) is 22.0. The van der Waals surface area contributed by atoms with Crippen LogP contribution >= 0.6 is 11.8 Å². The fourth-order valence-corrected chi connectivity index (χ4v) is 7.73. The van der Waals surface area contributed by atoms with Crippen LogP contribution in [0, 0.1) is 18.3 Å². The molecule has 0 bridgehead atoms. The SMILES string of the molecule is CCC(NC(=O)[C@H](CC(C)C)NC(=O)[C@@H](NC(=O)[C@H](Cc1ccccc1C)NC(=O)[C@H](CSCc1ccccc1)NC(=O)[C@H](COCc1ccccc1)NC(C)=O)C(C)(C)C)B(O)O. The van der Waals surface area contributed by atoms with Crippen LogP contribution in [-0.4, -0.2) is 101 Å². The van der Waals surface area contributed by atoms with Gasteiger partial charge in [-0.05, 0) is 53.4 Å². The molecule has 0 saturated heterocycles. The van der Waals surface area contributed by atoms with Gasteiger partial charge in [0.05, 0.1) is 19.2 Å². The molecule has 3 aromatic rings. The largest absolute Gasteiger partial charge is 0.475 e. The molecule has 0 heterocycles. The van der Waals surface area contributed by atoms with Gasteiger partial charge in [0.1, 0.15) is 30.2 Å². The summed E-state index contributed by atoms with van der Waals surface area (Å²) in [6.45, 7) is 13.9. The number of carbonyl (C=O) groups is 6. The Hall–Kier alpha value is -5.23. The number of hydrogen-bond donors (Lipinski definition) is 8. The molecule has 0 spiro atoms. The van der Waals surface area contributed by atoms with Crippen molar-refractivity contribution in [3.8, 4) is 0 Å². The molecule has 6 amide bonds. The van der Waals surface area contributed by atoms with Gasteiger partial charge in [-0.3, -0.25) is 28.8 Å². The molecule has 1 unspecified atom stereocenters. The Morgan fingerprint density at radius 3 is 1.77 bits per heavy atom. The predicted molar refractivity (Wildman–Crippen MR) is 250 cm³/mol. The first-order valence-corrected chi connectivity index (χ1v) is 22.9. The average molecular weight is 903 g/mol. The van der Waals surface area contributed by atoms with Gasteiger partial charge in [-0.25, -0.2) is 0 Å². The second-order valence-corrected chi connectivity index (χ2v) is 18.5. The van der Waals surface area contributed by atoms with Gasteiger partial charge in [0.2, 0.25) is 35.4 Å². The van der Waals surface area contributed by atoms with E-state index < -0.39 is 84.1 Å². The van der Waals surface area contributed by atoms with Crippen molar-refractivity contribution in [3.63, 3.8) is 0 Å². The van der Waals surface area contributed by atoms with E-state index in [-0.39, 0.29) is 44.1 Å². The smallest absolute Gasteiger partial charge is 0.426 e. The first-order chi connectivity index (χ1) is 30.3. The zero-order chi connectivity index (χ0) is 47.4. The highest BCUT2D eigenvalue weighted by Gasteiger charge is 2.38. The fourth-order valence-electron chi connectivity index (χ4n) is 6.71. The van der Waals surface area contributed by atoms with Crippen LogP contribution in [0.1, 0.15) is 83.6 Å². The molecule has 0 aliphatic carbocycles. The lowest BCUT2D eigenvalue weighted by Gasteiger charge is -2.34. The van der Waals surface area contributed by atoms with E-state index in [1.54, 1.807) is 27.7 Å². The maximum atomic E-state index is 14.5. The van der Waals surface area contributed by atoms with Crippen molar-refractivity contribution < 1.29 is 43.6 Å². The Morgan fingerprint density at radius 2 is 1.20 bits per heavy atom. The minimum absolute atomic E-state index is 0.0304. The summed E-state index contributed by atoms with van der Waals surface area (Å²) in [5.74, 6) is -4.13. The number of ether oxygens (including phenoxy) is 1. The number of aryl methyl sites for hydroxylation is 1. The van der Waals surface area contributed by atoms with Crippen LogP contribution in [0.25, 0.3) is 0 Å². The molecule has 0 aliphatic heterocycles. The zero-order valence-corrected chi connectivity index (χ0v) is 39.1. The van der Waals surface area contributed by atoms with E-state index in [2.05, 4.69) is 31.9 Å². The molecule has 3 rings (SSSR count). The quantitative estimate of drug-likeness (QED) is 0.0581. The van der Waals surface area contributed by atoms with Gasteiger partial charge in [0, 0.05) is 24.9 Å². The molecule has 6 atom stereocenters. The van der Waals surface area contributed by atoms with Crippen LogP contribution in [0.15, 0.2) is 84.9 Å². The summed E-state index contributed by atoms with van der Waals surface area (Å²) >= 11 is 1.40. The Labute approximate surface area is 382 Å². The number of amides is 6. The molecule has 0 radical (unpaired) electrons. The molecular weight excluding hydrogens is 835 g/mol. The average Bonchev–Trinajstić information content (AvgIpc) is 3.23. The van der Waals surface area contributed by atoms with Crippen LogP contribution in [-0.2, 0) is 52.3 Å². The van der Waals surface area contributed by atoms with Crippen molar-refractivity contribution in [1.82, 2.24) is 31.9 Å². The number of rotatable bonds is 25. The third-order valence-corrected chi connectivity index (χ3v) is 11.4. The molecule has 3 aromatic carbocycles. The second-order valence-electron chi connectivity index (χ2n) is 17.4. The van der Waals surface area contributed by atoms with Crippen molar-refractivity contribution in [2.24, 2.45) is 11.3 Å². The van der Waals surface area contributed by atoms with Crippen LogP contribution in [0.2, 0.25) is 0 Å². The molecule has 15 nitrogen and oxygen atoms in total. The maximum absolute atomic E-state index is 14.5. The van der Waals surface area contributed by atoms with E-state index >= 15 is 0 Å². The molecule has 8 N–H and O–H groups in total. The highest BCUT2D eigenvalue weighted by Crippen LogP contribution is 2.21. The molecule has 0 saturated carbocycles. The summed E-state index contributed by atoms with van der Waals surface area (Å²) in [4.78, 5) is 82.7. The van der Waals surface area contributed by atoms with Gasteiger partial charge in [-0.1, -0.05) is 126 Å². The van der Waals surface area contributed by atoms with Crippen LogP contribution in [0.3, 0.4) is 0 Å². The van der Waals surface area contributed by atoms with Crippen molar-refractivity contribution in [3.05, 3.63) is 107 Å². The number of benzene rings is 3. The molecule has 0 aliphatic rings. The third-order valence-electron chi connectivity index (χ3n) is 10.3. The lowest BCUT2D eigenvalue weighted by molar-refractivity contribution is -0.136. The summed E-state index contributed by atoms with van der Waals surface area (Å²) < 4.78 is 5.82. The Bertz CT molecular complexity index is 1970. The zero-order valence-electron chi connectivity index (χ0n) is 38.3. The van der Waals surface area contributed by atoms with Crippen LogP contribution in [0.4, 0.5) is 0 Å². The van der Waals surface area contributed by atoms with E-state index in [9.17, 15) is 38.8 Å². The van der Waals surface area contributed by atoms with E-state index in [0.29, 0.717) is 5.75 Å². The lowest BCUT2D eigenvalue weighted by Crippen LogP contribution is -2.62. The van der Waals surface area contributed by atoms with Crippen molar-refractivity contribution in [2.45, 2.75) is 123 Å². The van der Waals surface area contributed by atoms with Gasteiger partial charge in [0.15, 0.2) is 0 Å². The van der Waals surface area contributed by atoms with Crippen molar-refractivity contribution in [1.29, 1.82) is 0 Å². The Morgan fingerprint density at radius 1 is 0.672 bits per heavy atom. The molecule has 17 heteroatoms. The van der Waals surface area contributed by atoms with Gasteiger partial charge in [-0.2, -0.15) is 11.8 Å². The second kappa shape index (κ2) is 26.5. The molecular formula is C47H67BN6O9S. The number of carbonyl (C=O) groups excluding carboxylic acids is 6. The van der Waals surface area contributed by atoms with Crippen LogP contribution < -0.4 is 31.9 Å². The van der Waals surface area contributed by atoms with Gasteiger partial charge in [-0.15, -0.1) is 0 Å². The van der Waals surface area contributed by atoms with Crippen LogP contribution in [0.5, 0.6) is 0 Å². The highest BCUT2D eigenvalue weighted by atomic mass is 32.2. The first kappa shape index (κ1) is 53.1. The van der Waals surface area contributed by atoms with E-state index in [1.165, 1.54) is 18.7 Å². The van der Waals surface area contributed by atoms with Gasteiger partial charge >= 0.3 is 7.12 Å². The number of nitrogens with one attached hydrogen (secondary N) is 6. The van der Waals surface area contributed by atoms with E-state index in [1.807, 2.05) is 106 Å². The molecule has 348 valence electrons. The monoisotopic (exact) mass is 902 g/mol. The maximum Gasteiger partial charge on any atom is 0.475 e. The normalized spacial score (nSPS) is 14.2. The topological polar surface area (TPSA) is 224 Å². The number of hydrogen-bond acceptors (Lipinski definition) is 10. The molecule has 0 fully saturated rings. The third kappa shape index (κ3) is 18.5. The summed E-state index contributed by atoms with van der Waals surface area (Å²) in [7, 11) is -1.81. The minimum atomic E-state index is -1.81. The summed E-state index contributed by atoms with van der Waals surface area (Å²) in [6.07, 6.45) is 0.488.